The number of hydrogen-bond acceptors (Lipinski definition) is 3. The van der Waals surface area contributed by atoms with Crippen LogP contribution in [-0.2, 0) is 4.79 Å². The summed E-state index contributed by atoms with van der Waals surface area (Å²) < 4.78 is 40.8. The molecule has 1 aliphatic carbocycles. The van der Waals surface area contributed by atoms with E-state index in [9.17, 15) is 18.0 Å². The van der Waals surface area contributed by atoms with Gasteiger partial charge in [0.1, 0.15) is 5.75 Å². The Morgan fingerprint density at radius 2 is 2.09 bits per heavy atom. The van der Waals surface area contributed by atoms with Crippen LogP contribution in [0.4, 0.5) is 13.2 Å². The van der Waals surface area contributed by atoms with Crippen molar-refractivity contribution in [1.82, 2.24) is 5.32 Å². The Hall–Kier alpha value is -2.28. The minimum absolute atomic E-state index is 0.0147. The fourth-order valence-electron chi connectivity index (χ4n) is 2.25. The van der Waals surface area contributed by atoms with Gasteiger partial charge in [-0.25, -0.2) is 0 Å². The van der Waals surface area contributed by atoms with Gasteiger partial charge in [0.15, 0.2) is 0 Å². The zero-order valence-corrected chi connectivity index (χ0v) is 12.1. The minimum atomic E-state index is -4.79. The van der Waals surface area contributed by atoms with E-state index in [-0.39, 0.29) is 29.9 Å². The van der Waals surface area contributed by atoms with Gasteiger partial charge in [0, 0.05) is 30.2 Å². The third kappa shape index (κ3) is 5.45. The Labute approximate surface area is 131 Å². The van der Waals surface area contributed by atoms with Crippen LogP contribution in [0, 0.1) is 5.92 Å². The maximum Gasteiger partial charge on any atom is 0.573 e. The molecule has 1 aromatic carbocycles. The molecule has 0 saturated heterocycles. The van der Waals surface area contributed by atoms with Crippen molar-refractivity contribution in [3.8, 4) is 5.75 Å². The van der Waals surface area contributed by atoms with Crippen LogP contribution in [0.3, 0.4) is 0 Å². The number of carbonyl (C=O) groups excluding carboxylic acids is 1. The number of para-hydroxylation sites is 1. The van der Waals surface area contributed by atoms with Crippen molar-refractivity contribution in [3.63, 3.8) is 0 Å². The molecule has 7 heteroatoms. The number of aliphatic hydroxyl groups excluding tert-OH is 1. The number of aliphatic hydroxyl groups is 1. The first kappa shape index (κ1) is 17.1. The maximum absolute atomic E-state index is 12.3. The normalized spacial score (nSPS) is 20.9. The summed E-state index contributed by atoms with van der Waals surface area (Å²) >= 11 is 0. The minimum Gasteiger partial charge on any atom is -0.405 e. The fourth-order valence-corrected chi connectivity index (χ4v) is 2.25. The first-order chi connectivity index (χ1) is 10.9. The van der Waals surface area contributed by atoms with E-state index < -0.39 is 12.3 Å². The number of amides is 1. The molecule has 1 amide bonds. The Bertz CT molecular complexity index is 611. The highest BCUT2D eigenvalue weighted by atomic mass is 19.4. The number of hydrogen-bond donors (Lipinski definition) is 2. The standard InChI is InChI=1S/C16H16F3NO3/c17-16(18,19)23-14-4-2-1-3-12(14)6-8-15(22)20-13-7-5-11(9-13)10-21/h1-8,11,13,21H,9-10H2,(H,20,22)/b8-6+/t11-,13+/m0/s1. The number of alkyl halides is 3. The van der Waals surface area contributed by atoms with Gasteiger partial charge in [-0.1, -0.05) is 30.4 Å². The van der Waals surface area contributed by atoms with E-state index in [1.165, 1.54) is 24.3 Å². The van der Waals surface area contributed by atoms with E-state index in [1.54, 1.807) is 12.1 Å². The second kappa shape index (κ2) is 7.32. The monoisotopic (exact) mass is 327 g/mol. The molecule has 124 valence electrons. The molecule has 0 radical (unpaired) electrons. The maximum atomic E-state index is 12.3. The largest absolute Gasteiger partial charge is 0.573 e. The third-order valence-corrected chi connectivity index (χ3v) is 3.29. The Kier molecular flexibility index (Phi) is 5.44. The van der Waals surface area contributed by atoms with Gasteiger partial charge in [-0.2, -0.15) is 0 Å². The SMILES string of the molecule is O=C(/C=C/c1ccccc1OC(F)(F)F)N[C@@H]1C=C[C@H](CO)C1. The number of benzene rings is 1. The number of nitrogens with one attached hydrogen (secondary N) is 1. The summed E-state index contributed by atoms with van der Waals surface area (Å²) in [4.78, 5) is 11.8. The summed E-state index contributed by atoms with van der Waals surface area (Å²) in [7, 11) is 0. The van der Waals surface area contributed by atoms with Gasteiger partial charge >= 0.3 is 6.36 Å². The molecule has 1 aliphatic rings. The molecular weight excluding hydrogens is 311 g/mol. The highest BCUT2D eigenvalue weighted by Crippen LogP contribution is 2.27. The van der Waals surface area contributed by atoms with Gasteiger partial charge in [-0.15, -0.1) is 13.2 Å². The zero-order valence-electron chi connectivity index (χ0n) is 12.1. The van der Waals surface area contributed by atoms with E-state index >= 15 is 0 Å². The highest BCUT2D eigenvalue weighted by Gasteiger charge is 2.31. The van der Waals surface area contributed by atoms with Crippen LogP contribution < -0.4 is 10.1 Å². The summed E-state index contributed by atoms with van der Waals surface area (Å²) in [6.45, 7) is 0.0147. The summed E-state index contributed by atoms with van der Waals surface area (Å²) in [5, 5.41) is 11.7. The predicted octanol–water partition coefficient (Wildman–Crippen LogP) is 2.65. The van der Waals surface area contributed by atoms with Gasteiger partial charge in [-0.3, -0.25) is 4.79 Å². The first-order valence-corrected chi connectivity index (χ1v) is 7.00. The van der Waals surface area contributed by atoms with Crippen LogP contribution in [0.5, 0.6) is 5.75 Å². The van der Waals surface area contributed by atoms with Crippen molar-refractivity contribution in [2.24, 2.45) is 5.92 Å². The number of halogens is 3. The smallest absolute Gasteiger partial charge is 0.405 e. The lowest BCUT2D eigenvalue weighted by molar-refractivity contribution is -0.274. The van der Waals surface area contributed by atoms with E-state index in [1.807, 2.05) is 6.08 Å². The zero-order chi connectivity index (χ0) is 16.9. The van der Waals surface area contributed by atoms with Crippen LogP contribution in [0.15, 0.2) is 42.5 Å². The lowest BCUT2D eigenvalue weighted by Crippen LogP contribution is -2.31. The van der Waals surface area contributed by atoms with Gasteiger partial charge in [0.25, 0.3) is 0 Å². The van der Waals surface area contributed by atoms with Gasteiger partial charge in [0.05, 0.1) is 0 Å². The van der Waals surface area contributed by atoms with Crippen LogP contribution in [0.1, 0.15) is 12.0 Å². The van der Waals surface area contributed by atoms with Crippen molar-refractivity contribution in [2.45, 2.75) is 18.8 Å². The van der Waals surface area contributed by atoms with E-state index in [4.69, 9.17) is 5.11 Å². The molecule has 0 spiro atoms. The average Bonchev–Trinajstić information content (AvgIpc) is 2.92. The molecule has 0 fully saturated rings. The number of ether oxygens (including phenoxy) is 1. The molecule has 0 unspecified atom stereocenters. The molecule has 0 bridgehead atoms. The van der Waals surface area contributed by atoms with Crippen molar-refractivity contribution in [3.05, 3.63) is 48.1 Å². The lowest BCUT2D eigenvalue weighted by atomic mass is 10.1. The topological polar surface area (TPSA) is 58.6 Å². The molecule has 0 aliphatic heterocycles. The lowest BCUT2D eigenvalue weighted by Gasteiger charge is -2.12. The van der Waals surface area contributed by atoms with E-state index in [2.05, 4.69) is 10.1 Å². The Morgan fingerprint density at radius 3 is 2.74 bits per heavy atom. The van der Waals surface area contributed by atoms with Crippen LogP contribution in [0.25, 0.3) is 6.08 Å². The summed E-state index contributed by atoms with van der Waals surface area (Å²) in [6, 6.07) is 5.37. The average molecular weight is 327 g/mol. The van der Waals surface area contributed by atoms with E-state index in [0.717, 1.165) is 6.08 Å². The molecule has 0 heterocycles. The second-order valence-corrected chi connectivity index (χ2v) is 5.10. The summed E-state index contributed by atoms with van der Waals surface area (Å²) in [6.07, 6.45) is 1.83. The number of carbonyl (C=O) groups is 1. The number of rotatable bonds is 5. The molecule has 0 aromatic heterocycles. The second-order valence-electron chi connectivity index (χ2n) is 5.10. The summed E-state index contributed by atoms with van der Waals surface area (Å²) in [5.41, 5.74) is 0.148. The molecule has 23 heavy (non-hydrogen) atoms. The van der Waals surface area contributed by atoms with Crippen molar-refractivity contribution >= 4 is 12.0 Å². The van der Waals surface area contributed by atoms with Gasteiger partial charge < -0.3 is 15.2 Å². The quantitative estimate of drug-likeness (QED) is 0.646. The molecule has 4 nitrogen and oxygen atoms in total. The molecule has 2 rings (SSSR count). The predicted molar refractivity (Wildman–Crippen MR) is 78.4 cm³/mol. The van der Waals surface area contributed by atoms with Crippen LogP contribution in [-0.4, -0.2) is 30.0 Å². The van der Waals surface area contributed by atoms with Crippen molar-refractivity contribution in [1.29, 1.82) is 0 Å². The van der Waals surface area contributed by atoms with Crippen molar-refractivity contribution in [2.75, 3.05) is 6.61 Å². The van der Waals surface area contributed by atoms with Crippen LogP contribution >= 0.6 is 0 Å². The Morgan fingerprint density at radius 1 is 1.35 bits per heavy atom. The fraction of sp³-hybridized carbons (Fsp3) is 0.312. The third-order valence-electron chi connectivity index (χ3n) is 3.29. The van der Waals surface area contributed by atoms with Crippen LogP contribution in [0.2, 0.25) is 0 Å². The van der Waals surface area contributed by atoms with Gasteiger partial charge in [0.2, 0.25) is 5.91 Å². The van der Waals surface area contributed by atoms with E-state index in [0.29, 0.717) is 6.42 Å². The molecule has 0 saturated carbocycles. The molecular formula is C16H16F3NO3. The van der Waals surface area contributed by atoms with Gasteiger partial charge in [-0.05, 0) is 18.6 Å². The molecule has 1 aromatic rings. The Balaban J connectivity index is 1.97. The molecule has 2 atom stereocenters. The summed E-state index contributed by atoms with van der Waals surface area (Å²) in [5.74, 6) is -0.782. The first-order valence-electron chi connectivity index (χ1n) is 7.00. The van der Waals surface area contributed by atoms with Crippen molar-refractivity contribution < 1.29 is 27.8 Å². The molecule has 2 N–H and O–H groups in total. The highest BCUT2D eigenvalue weighted by molar-refractivity contribution is 5.92.